The molecule has 0 radical (unpaired) electrons. The summed E-state index contributed by atoms with van der Waals surface area (Å²) in [5.74, 6) is 0. The first-order valence-electron chi connectivity index (χ1n) is 12.9. The summed E-state index contributed by atoms with van der Waals surface area (Å²) in [6, 6.07) is 38.3. The first-order chi connectivity index (χ1) is 18.6. The van der Waals surface area contributed by atoms with Gasteiger partial charge in [-0.1, -0.05) is 48.5 Å². The van der Waals surface area contributed by atoms with Gasteiger partial charge in [0.2, 0.25) is 0 Å². The molecule has 0 saturated carbocycles. The van der Waals surface area contributed by atoms with Crippen LogP contribution in [-0.4, -0.2) is 23.9 Å². The van der Waals surface area contributed by atoms with E-state index >= 15 is 0 Å². The molecule has 3 aliphatic rings. The number of benzene rings is 4. The molecule has 4 nitrogen and oxygen atoms in total. The van der Waals surface area contributed by atoms with Gasteiger partial charge in [0.25, 0.3) is 0 Å². The normalized spacial score (nSPS) is 16.5. The van der Waals surface area contributed by atoms with Crippen molar-refractivity contribution < 1.29 is 21.1 Å². The minimum atomic E-state index is -0.394. The smallest absolute Gasteiger partial charge is 0.510 e. The fourth-order valence-electron chi connectivity index (χ4n) is 5.99. The second kappa shape index (κ2) is 10.1. The average Bonchev–Trinajstić information content (AvgIpc) is 3.66. The van der Waals surface area contributed by atoms with Gasteiger partial charge in [-0.05, 0) is 67.6 Å². The molecular weight excluding hydrogens is 659 g/mol. The number of hydrogen-bond donors (Lipinski definition) is 0. The standard InChI is InChI=1S/C34H28N4.Pt/c1-35-17-19-37(24-35)28-11-7-9-26(21-28)23-34(27-10-8-12-29(22-27)38-20-18-36(2)25-38)32-15-5-3-13-30(32)31-14-4-6-16-33(31)34;/h3-20,24-25H,23H2,1-2H3;/q-4;+4. The Morgan fingerprint density at radius 3 is 1.72 bits per heavy atom. The van der Waals surface area contributed by atoms with Crippen LogP contribution in [0, 0.1) is 25.5 Å². The van der Waals surface area contributed by atoms with Gasteiger partial charge < -0.3 is 19.6 Å². The van der Waals surface area contributed by atoms with E-state index in [2.05, 4.69) is 144 Å². The molecule has 0 bridgehead atoms. The predicted molar refractivity (Wildman–Crippen MR) is 153 cm³/mol. The van der Waals surface area contributed by atoms with Crippen molar-refractivity contribution in [2.45, 2.75) is 11.8 Å². The summed E-state index contributed by atoms with van der Waals surface area (Å²) >= 11 is 0. The third kappa shape index (κ3) is 4.28. The van der Waals surface area contributed by atoms with Crippen molar-refractivity contribution in [3.8, 4) is 11.1 Å². The van der Waals surface area contributed by atoms with E-state index < -0.39 is 5.41 Å². The number of hydrogen-bond acceptors (Lipinski definition) is 4. The second-order valence-corrected chi connectivity index (χ2v) is 10.2. The molecule has 0 atom stereocenters. The van der Waals surface area contributed by atoms with Crippen molar-refractivity contribution in [1.82, 2.24) is 9.80 Å². The van der Waals surface area contributed by atoms with Gasteiger partial charge in [-0.15, -0.1) is 16.9 Å². The maximum Gasteiger partial charge on any atom is 4.00 e. The predicted octanol–water partition coefficient (Wildman–Crippen LogP) is 6.53. The summed E-state index contributed by atoms with van der Waals surface area (Å²) in [4.78, 5) is 8.35. The van der Waals surface area contributed by atoms with Crippen LogP contribution in [0.3, 0.4) is 0 Å². The molecule has 0 amide bonds. The molecule has 5 heteroatoms. The van der Waals surface area contributed by atoms with Gasteiger partial charge in [0.05, 0.1) is 0 Å². The van der Waals surface area contributed by atoms with Crippen LogP contribution in [-0.2, 0) is 32.9 Å². The van der Waals surface area contributed by atoms with Crippen LogP contribution in [0.1, 0.15) is 22.3 Å². The first kappa shape index (κ1) is 25.5. The van der Waals surface area contributed by atoms with Gasteiger partial charge in [0.15, 0.2) is 0 Å². The quantitative estimate of drug-likeness (QED) is 0.222. The summed E-state index contributed by atoms with van der Waals surface area (Å²) in [6.45, 7) is 4.15. The molecule has 0 aromatic heterocycles. The molecule has 39 heavy (non-hydrogen) atoms. The molecule has 0 unspecified atom stereocenters. The van der Waals surface area contributed by atoms with Crippen LogP contribution in [0.4, 0.5) is 11.4 Å². The summed E-state index contributed by atoms with van der Waals surface area (Å²) < 4.78 is 0. The van der Waals surface area contributed by atoms with Crippen molar-refractivity contribution in [3.05, 3.63) is 157 Å². The zero-order chi connectivity index (χ0) is 25.7. The molecule has 0 N–H and O–H groups in total. The molecule has 7 rings (SSSR count). The minimum absolute atomic E-state index is 0. The van der Waals surface area contributed by atoms with Crippen LogP contribution in [0.15, 0.2) is 110 Å². The Balaban J connectivity index is 0.00000277. The largest absolute Gasteiger partial charge is 4.00 e. The first-order valence-corrected chi connectivity index (χ1v) is 12.9. The van der Waals surface area contributed by atoms with Crippen LogP contribution in [0.5, 0.6) is 0 Å². The molecule has 2 aliphatic heterocycles. The van der Waals surface area contributed by atoms with Gasteiger partial charge in [0, 0.05) is 5.41 Å². The molecule has 2 heterocycles. The van der Waals surface area contributed by atoms with Crippen molar-refractivity contribution in [2.24, 2.45) is 0 Å². The van der Waals surface area contributed by atoms with E-state index in [1.807, 2.05) is 25.2 Å². The Hall–Kier alpha value is -3.75. The maximum atomic E-state index is 3.84. The van der Waals surface area contributed by atoms with Gasteiger partial charge >= 0.3 is 21.1 Å². The molecule has 4 aromatic carbocycles. The van der Waals surface area contributed by atoms with Gasteiger partial charge in [0.1, 0.15) is 0 Å². The molecule has 194 valence electrons. The number of nitrogens with zero attached hydrogens (tertiary/aromatic N) is 4. The van der Waals surface area contributed by atoms with E-state index in [9.17, 15) is 0 Å². The monoisotopic (exact) mass is 687 g/mol. The van der Waals surface area contributed by atoms with E-state index in [0.29, 0.717) is 0 Å². The van der Waals surface area contributed by atoms with E-state index in [1.54, 1.807) is 0 Å². The van der Waals surface area contributed by atoms with E-state index in [1.165, 1.54) is 22.3 Å². The summed E-state index contributed by atoms with van der Waals surface area (Å²) in [5.41, 5.74) is 9.22. The Kier molecular flexibility index (Phi) is 6.60. The molecule has 1 aliphatic carbocycles. The third-order valence-electron chi connectivity index (χ3n) is 7.69. The number of rotatable bonds is 5. The Labute approximate surface area is 245 Å². The number of fused-ring (bicyclic) bond motifs is 3. The number of anilines is 2. The third-order valence-corrected chi connectivity index (χ3v) is 7.69. The maximum absolute atomic E-state index is 3.84. The van der Waals surface area contributed by atoms with Crippen LogP contribution >= 0.6 is 0 Å². The van der Waals surface area contributed by atoms with Gasteiger partial charge in [-0.25, -0.2) is 0 Å². The molecule has 4 aromatic rings. The van der Waals surface area contributed by atoms with Crippen molar-refractivity contribution in [3.63, 3.8) is 0 Å². The molecular formula is C34H28N4Pt. The van der Waals surface area contributed by atoms with Crippen molar-refractivity contribution in [1.29, 1.82) is 0 Å². The fraction of sp³-hybridized carbons (Fsp3) is 0.118. The van der Waals surface area contributed by atoms with E-state index in [0.717, 1.165) is 28.9 Å². The van der Waals surface area contributed by atoms with E-state index in [4.69, 9.17) is 0 Å². The second-order valence-electron chi connectivity index (χ2n) is 10.2. The summed E-state index contributed by atoms with van der Waals surface area (Å²) in [5, 5.41) is 0. The van der Waals surface area contributed by atoms with Crippen LogP contribution < -0.4 is 9.80 Å². The average molecular weight is 688 g/mol. The Morgan fingerprint density at radius 2 is 1.15 bits per heavy atom. The fourth-order valence-corrected chi connectivity index (χ4v) is 5.99. The summed E-state index contributed by atoms with van der Waals surface area (Å²) in [6.07, 6.45) is 9.03. The van der Waals surface area contributed by atoms with Crippen molar-refractivity contribution >= 4 is 11.4 Å². The Bertz CT molecular complexity index is 1530. The van der Waals surface area contributed by atoms with E-state index in [-0.39, 0.29) is 21.1 Å². The molecule has 0 spiro atoms. The zero-order valence-electron chi connectivity index (χ0n) is 21.9. The van der Waals surface area contributed by atoms with Gasteiger partial charge in [-0.3, -0.25) is 0 Å². The van der Waals surface area contributed by atoms with Crippen LogP contribution in [0.2, 0.25) is 0 Å². The molecule has 0 saturated heterocycles. The topological polar surface area (TPSA) is 13.0 Å². The Morgan fingerprint density at radius 1 is 0.615 bits per heavy atom. The van der Waals surface area contributed by atoms with Gasteiger partial charge in [-0.2, -0.15) is 67.4 Å². The SMILES string of the molecule is CN1C=CN(c2[c-]c(CC3(c4[c-]c(N5C=CN(C)[CH-]5)ccc4)c4ccccc4-c4ccccc43)ccc2)[CH-]1.[Pt+4]. The minimum Gasteiger partial charge on any atom is -0.510 e. The zero-order valence-corrected chi connectivity index (χ0v) is 24.1. The summed E-state index contributed by atoms with van der Waals surface area (Å²) in [7, 11) is 4.08. The molecule has 0 fully saturated rings. The van der Waals surface area contributed by atoms with Crippen LogP contribution in [0.25, 0.3) is 11.1 Å². The van der Waals surface area contributed by atoms with Crippen molar-refractivity contribution in [2.75, 3.05) is 23.9 Å².